The number of hydrogen-bond donors (Lipinski definition) is 1. The van der Waals surface area contributed by atoms with E-state index in [1.807, 2.05) is 0 Å². The highest BCUT2D eigenvalue weighted by molar-refractivity contribution is 5.23. The number of benzene rings is 1. The molecule has 2 fully saturated rings. The first-order valence-corrected chi connectivity index (χ1v) is 8.11. The fraction of sp³-hybridized carbons (Fsp3) is 0.647. The molecule has 3 rings (SSSR count). The zero-order valence-corrected chi connectivity index (χ0v) is 12.4. The quantitative estimate of drug-likeness (QED) is 0.922. The van der Waals surface area contributed by atoms with Crippen LogP contribution < -0.4 is 5.73 Å². The van der Waals surface area contributed by atoms with E-state index in [4.69, 9.17) is 5.73 Å². The predicted octanol–water partition coefficient (Wildman–Crippen LogP) is 3.62. The summed E-state index contributed by atoms with van der Waals surface area (Å²) in [5.41, 5.74) is 6.51. The highest BCUT2D eigenvalue weighted by Crippen LogP contribution is 2.39. The molecule has 0 bridgehead atoms. The van der Waals surface area contributed by atoms with Crippen LogP contribution >= 0.6 is 0 Å². The molecule has 3 atom stereocenters. The highest BCUT2D eigenvalue weighted by Gasteiger charge is 2.37. The summed E-state index contributed by atoms with van der Waals surface area (Å²) in [5, 5.41) is 0. The van der Waals surface area contributed by atoms with E-state index >= 15 is 0 Å². The van der Waals surface area contributed by atoms with E-state index < -0.39 is 11.6 Å². The average Bonchev–Trinajstić information content (AvgIpc) is 2.50. The van der Waals surface area contributed by atoms with E-state index in [0.29, 0.717) is 18.2 Å². The number of fused-ring (bicyclic) bond motifs is 1. The normalized spacial score (nSPS) is 28.1. The van der Waals surface area contributed by atoms with Crippen LogP contribution in [0.1, 0.15) is 50.1 Å². The molecule has 0 radical (unpaired) electrons. The number of rotatable bonds is 3. The second kappa shape index (κ2) is 6.41. The van der Waals surface area contributed by atoms with Gasteiger partial charge in [0, 0.05) is 24.2 Å². The van der Waals surface area contributed by atoms with Gasteiger partial charge in [0.05, 0.1) is 6.04 Å². The van der Waals surface area contributed by atoms with Gasteiger partial charge in [0.2, 0.25) is 0 Å². The lowest BCUT2D eigenvalue weighted by Crippen LogP contribution is -2.50. The van der Waals surface area contributed by atoms with Gasteiger partial charge in [0.1, 0.15) is 11.6 Å². The molecule has 0 spiro atoms. The lowest BCUT2D eigenvalue weighted by atomic mass is 9.77. The van der Waals surface area contributed by atoms with Crippen LogP contribution in [0.2, 0.25) is 0 Å². The van der Waals surface area contributed by atoms with Crippen molar-refractivity contribution >= 4 is 0 Å². The molecule has 0 aromatic heterocycles. The molecule has 2 aliphatic rings. The number of piperidine rings is 1. The summed E-state index contributed by atoms with van der Waals surface area (Å²) in [4.78, 5) is 2.39. The molecule has 1 saturated carbocycles. The van der Waals surface area contributed by atoms with Gasteiger partial charge in [-0.1, -0.05) is 18.9 Å². The number of halogens is 2. The van der Waals surface area contributed by atoms with E-state index in [1.165, 1.54) is 38.2 Å². The minimum absolute atomic E-state index is 0.128. The van der Waals surface area contributed by atoms with E-state index in [2.05, 4.69) is 4.90 Å². The van der Waals surface area contributed by atoms with Crippen LogP contribution in [-0.4, -0.2) is 24.0 Å². The molecule has 1 saturated heterocycles. The molecule has 1 aromatic rings. The summed E-state index contributed by atoms with van der Waals surface area (Å²) in [6, 6.07) is 4.26. The van der Waals surface area contributed by atoms with Crippen molar-refractivity contribution in [2.45, 2.75) is 50.6 Å². The van der Waals surface area contributed by atoms with Crippen LogP contribution in [0.5, 0.6) is 0 Å². The van der Waals surface area contributed by atoms with Gasteiger partial charge in [0.25, 0.3) is 0 Å². The Balaban J connectivity index is 1.87. The van der Waals surface area contributed by atoms with Crippen molar-refractivity contribution in [2.24, 2.45) is 11.7 Å². The van der Waals surface area contributed by atoms with Gasteiger partial charge in [-0.05, 0) is 44.2 Å². The van der Waals surface area contributed by atoms with Gasteiger partial charge < -0.3 is 5.73 Å². The van der Waals surface area contributed by atoms with Crippen molar-refractivity contribution < 1.29 is 8.78 Å². The maximum atomic E-state index is 14.1. The molecule has 1 unspecified atom stereocenters. The van der Waals surface area contributed by atoms with E-state index in [9.17, 15) is 8.78 Å². The largest absolute Gasteiger partial charge is 0.329 e. The minimum Gasteiger partial charge on any atom is -0.329 e. The van der Waals surface area contributed by atoms with Crippen molar-refractivity contribution in [1.29, 1.82) is 0 Å². The van der Waals surface area contributed by atoms with Gasteiger partial charge in [-0.3, -0.25) is 4.90 Å². The summed E-state index contributed by atoms with van der Waals surface area (Å²) in [5.74, 6) is -0.269. The second-order valence-electron chi connectivity index (χ2n) is 6.41. The fourth-order valence-corrected chi connectivity index (χ4v) is 4.26. The van der Waals surface area contributed by atoms with Gasteiger partial charge in [0.15, 0.2) is 0 Å². The smallest absolute Gasteiger partial charge is 0.130 e. The number of nitrogens with zero attached hydrogens (tertiary/aromatic N) is 1. The second-order valence-corrected chi connectivity index (χ2v) is 6.41. The van der Waals surface area contributed by atoms with Crippen molar-refractivity contribution in [3.05, 3.63) is 35.4 Å². The molecular formula is C17H24F2N2. The highest BCUT2D eigenvalue weighted by atomic mass is 19.1. The Kier molecular flexibility index (Phi) is 4.55. The van der Waals surface area contributed by atoms with E-state index in [1.54, 1.807) is 6.07 Å². The van der Waals surface area contributed by atoms with E-state index in [-0.39, 0.29) is 6.04 Å². The van der Waals surface area contributed by atoms with Crippen LogP contribution in [-0.2, 0) is 0 Å². The molecule has 1 aliphatic carbocycles. The fourth-order valence-electron chi connectivity index (χ4n) is 4.26. The Morgan fingerprint density at radius 1 is 1.14 bits per heavy atom. The summed E-state index contributed by atoms with van der Waals surface area (Å²) in [6.45, 7) is 1.35. The molecule has 2 N–H and O–H groups in total. The Morgan fingerprint density at radius 3 is 2.67 bits per heavy atom. The Bertz CT molecular complexity index is 490. The van der Waals surface area contributed by atoms with Crippen LogP contribution in [0.25, 0.3) is 0 Å². The summed E-state index contributed by atoms with van der Waals surface area (Å²) in [6.07, 6.45) is 7.47. The zero-order valence-electron chi connectivity index (χ0n) is 12.4. The number of likely N-dealkylation sites (tertiary alicyclic amines) is 1. The molecule has 4 heteroatoms. The SMILES string of the molecule is NCC(c1ccc(F)cc1F)N1CCC[C@H]2CCCC[C@H]21. The summed E-state index contributed by atoms with van der Waals surface area (Å²) < 4.78 is 27.3. The number of nitrogens with two attached hydrogens (primary N) is 1. The third-order valence-electron chi connectivity index (χ3n) is 5.23. The van der Waals surface area contributed by atoms with Crippen molar-refractivity contribution in [3.8, 4) is 0 Å². The van der Waals surface area contributed by atoms with E-state index in [0.717, 1.165) is 24.9 Å². The topological polar surface area (TPSA) is 29.3 Å². The third kappa shape index (κ3) is 2.97. The van der Waals surface area contributed by atoms with Gasteiger partial charge >= 0.3 is 0 Å². The standard InChI is InChI=1S/C17H24F2N2/c18-13-7-8-14(15(19)10-13)17(11-20)21-9-3-5-12-4-1-2-6-16(12)21/h7-8,10,12,16-17H,1-6,9,11,20H2/t12-,16-,17?/m1/s1. The molecule has 1 aliphatic heterocycles. The molecule has 116 valence electrons. The Morgan fingerprint density at radius 2 is 1.90 bits per heavy atom. The molecule has 1 aromatic carbocycles. The monoisotopic (exact) mass is 294 g/mol. The molecule has 0 amide bonds. The van der Waals surface area contributed by atoms with Gasteiger partial charge in [-0.15, -0.1) is 0 Å². The zero-order chi connectivity index (χ0) is 14.8. The number of hydrogen-bond acceptors (Lipinski definition) is 2. The lowest BCUT2D eigenvalue weighted by molar-refractivity contribution is 0.0265. The maximum Gasteiger partial charge on any atom is 0.130 e. The first-order valence-electron chi connectivity index (χ1n) is 8.11. The molecule has 1 heterocycles. The third-order valence-corrected chi connectivity index (χ3v) is 5.23. The van der Waals surface area contributed by atoms with Crippen molar-refractivity contribution in [1.82, 2.24) is 4.90 Å². The molecular weight excluding hydrogens is 270 g/mol. The first kappa shape index (κ1) is 14.9. The maximum absolute atomic E-state index is 14.1. The summed E-state index contributed by atoms with van der Waals surface area (Å²) >= 11 is 0. The Hall–Kier alpha value is -1.00. The van der Waals surface area contributed by atoms with Crippen LogP contribution in [0, 0.1) is 17.6 Å². The molecule has 21 heavy (non-hydrogen) atoms. The predicted molar refractivity (Wildman–Crippen MR) is 79.8 cm³/mol. The van der Waals surface area contributed by atoms with Crippen molar-refractivity contribution in [2.75, 3.05) is 13.1 Å². The minimum atomic E-state index is -0.527. The van der Waals surface area contributed by atoms with Crippen LogP contribution in [0.15, 0.2) is 18.2 Å². The van der Waals surface area contributed by atoms with Crippen molar-refractivity contribution in [3.63, 3.8) is 0 Å². The van der Waals surface area contributed by atoms with Gasteiger partial charge in [-0.2, -0.15) is 0 Å². The lowest BCUT2D eigenvalue weighted by Gasteiger charge is -2.47. The van der Waals surface area contributed by atoms with Crippen LogP contribution in [0.3, 0.4) is 0 Å². The average molecular weight is 294 g/mol. The Labute approximate surface area is 125 Å². The first-order chi connectivity index (χ1) is 10.2. The molecule has 2 nitrogen and oxygen atoms in total. The van der Waals surface area contributed by atoms with Gasteiger partial charge in [-0.25, -0.2) is 8.78 Å². The van der Waals surface area contributed by atoms with Crippen LogP contribution in [0.4, 0.5) is 8.78 Å². The summed E-state index contributed by atoms with van der Waals surface area (Å²) in [7, 11) is 0.